The van der Waals surface area contributed by atoms with Gasteiger partial charge in [0, 0.05) is 28.5 Å². The Morgan fingerprint density at radius 3 is 2.60 bits per heavy atom. The molecule has 0 aliphatic rings. The summed E-state index contributed by atoms with van der Waals surface area (Å²) in [4.78, 5) is 8.59. The zero-order valence-corrected chi connectivity index (χ0v) is 16.5. The van der Waals surface area contributed by atoms with Gasteiger partial charge >= 0.3 is 0 Å². The zero-order valence-electron chi connectivity index (χ0n) is 15.7. The molecule has 0 spiro atoms. The highest BCUT2D eigenvalue weighted by Crippen LogP contribution is 2.33. The van der Waals surface area contributed by atoms with E-state index in [1.54, 1.807) is 30.6 Å². The maximum absolute atomic E-state index is 14.1. The van der Waals surface area contributed by atoms with Gasteiger partial charge < -0.3 is 10.3 Å². The lowest BCUT2D eigenvalue weighted by Crippen LogP contribution is -2.00. The van der Waals surface area contributed by atoms with Crippen LogP contribution in [0.4, 0.5) is 10.2 Å². The van der Waals surface area contributed by atoms with Crippen LogP contribution in [0.2, 0.25) is 5.02 Å². The highest BCUT2D eigenvalue weighted by molar-refractivity contribution is 6.30. The molecule has 0 saturated heterocycles. The molecule has 0 amide bonds. The molecule has 0 bridgehead atoms. The number of hydrogen-bond acceptors (Lipinski definition) is 4. The minimum Gasteiger partial charge on any atom is -0.383 e. The molecule has 2 N–H and O–H groups in total. The van der Waals surface area contributed by atoms with Crippen molar-refractivity contribution in [1.29, 1.82) is 0 Å². The monoisotopic (exact) mass is 418 g/mol. The Hall–Kier alpha value is -3.71. The molecule has 30 heavy (non-hydrogen) atoms. The van der Waals surface area contributed by atoms with Gasteiger partial charge in [0.2, 0.25) is 0 Å². The predicted octanol–water partition coefficient (Wildman–Crippen LogP) is 4.71. The first-order valence-corrected chi connectivity index (χ1v) is 9.61. The number of aromatic nitrogens is 5. The van der Waals surface area contributed by atoms with Crippen LogP contribution in [0.25, 0.3) is 27.8 Å². The van der Waals surface area contributed by atoms with Gasteiger partial charge in [-0.3, -0.25) is 0 Å². The van der Waals surface area contributed by atoms with Crippen LogP contribution in [0.5, 0.6) is 0 Å². The summed E-state index contributed by atoms with van der Waals surface area (Å²) in [5.74, 6) is 0.0786. The highest BCUT2D eigenvalue weighted by atomic mass is 35.5. The van der Waals surface area contributed by atoms with Gasteiger partial charge in [-0.2, -0.15) is 5.10 Å². The van der Waals surface area contributed by atoms with Crippen LogP contribution >= 0.6 is 11.6 Å². The fourth-order valence-corrected chi connectivity index (χ4v) is 3.65. The van der Waals surface area contributed by atoms with E-state index < -0.39 is 0 Å². The first-order valence-electron chi connectivity index (χ1n) is 9.24. The fourth-order valence-electron chi connectivity index (χ4n) is 3.52. The molecule has 3 aromatic heterocycles. The second kappa shape index (κ2) is 7.27. The van der Waals surface area contributed by atoms with Crippen LogP contribution in [0, 0.1) is 5.82 Å². The molecule has 6 nitrogen and oxygen atoms in total. The van der Waals surface area contributed by atoms with Gasteiger partial charge in [0.1, 0.15) is 29.3 Å². The predicted molar refractivity (Wildman–Crippen MR) is 115 cm³/mol. The smallest absolute Gasteiger partial charge is 0.148 e. The molecular weight excluding hydrogens is 403 g/mol. The molecule has 3 heterocycles. The van der Waals surface area contributed by atoms with Crippen molar-refractivity contribution in [3.05, 3.63) is 89.9 Å². The van der Waals surface area contributed by atoms with Crippen molar-refractivity contribution in [2.75, 3.05) is 5.73 Å². The number of nitrogens with two attached hydrogens (primary N) is 1. The molecule has 0 aliphatic carbocycles. The number of hydrogen-bond donors (Lipinski definition) is 1. The lowest BCUT2D eigenvalue weighted by Gasteiger charge is -2.03. The largest absolute Gasteiger partial charge is 0.383 e. The van der Waals surface area contributed by atoms with Gasteiger partial charge in [0.25, 0.3) is 0 Å². The Morgan fingerprint density at radius 1 is 1.00 bits per heavy atom. The zero-order chi connectivity index (χ0) is 20.7. The number of nitrogens with zero attached hydrogens (tertiary/aromatic N) is 5. The molecule has 148 valence electrons. The van der Waals surface area contributed by atoms with Crippen molar-refractivity contribution in [2.45, 2.75) is 6.54 Å². The third-order valence-corrected chi connectivity index (χ3v) is 5.18. The Balaban J connectivity index is 1.57. The van der Waals surface area contributed by atoms with Crippen LogP contribution in [0.1, 0.15) is 5.56 Å². The van der Waals surface area contributed by atoms with Crippen LogP contribution in [-0.4, -0.2) is 24.3 Å². The Labute approximate surface area is 176 Å². The molecule has 0 atom stereocenters. The van der Waals surface area contributed by atoms with E-state index in [1.165, 1.54) is 17.1 Å². The minimum atomic E-state index is -0.330. The standard InChI is InChI=1S/C22H16ClFN6/c23-16-7-5-15(6-8-16)17-12-29(22-20(17)21(25)26-13-27-22)10-14-9-28-30(11-14)19-4-2-1-3-18(19)24/h1-9,11-13H,10H2,(H2,25,26,27). The lowest BCUT2D eigenvalue weighted by atomic mass is 10.1. The third-order valence-electron chi connectivity index (χ3n) is 4.93. The molecule has 0 aliphatic heterocycles. The van der Waals surface area contributed by atoms with Crippen molar-refractivity contribution in [3.8, 4) is 16.8 Å². The van der Waals surface area contributed by atoms with E-state index >= 15 is 0 Å². The molecule has 8 heteroatoms. The molecule has 5 aromatic rings. The Bertz CT molecular complexity index is 1360. The number of fused-ring (bicyclic) bond motifs is 1. The van der Waals surface area contributed by atoms with E-state index in [9.17, 15) is 4.39 Å². The van der Waals surface area contributed by atoms with Crippen LogP contribution in [0.3, 0.4) is 0 Å². The quantitative estimate of drug-likeness (QED) is 0.458. The average molecular weight is 419 g/mol. The molecule has 0 radical (unpaired) electrons. The summed E-state index contributed by atoms with van der Waals surface area (Å²) in [6, 6.07) is 14.1. The van der Waals surface area contributed by atoms with Crippen LogP contribution < -0.4 is 5.73 Å². The summed E-state index contributed by atoms with van der Waals surface area (Å²) < 4.78 is 17.6. The van der Waals surface area contributed by atoms with E-state index in [0.717, 1.165) is 22.1 Å². The summed E-state index contributed by atoms with van der Waals surface area (Å²) in [5, 5.41) is 5.75. The summed E-state index contributed by atoms with van der Waals surface area (Å²) in [7, 11) is 0. The van der Waals surface area contributed by atoms with Crippen molar-refractivity contribution in [2.24, 2.45) is 0 Å². The van der Waals surface area contributed by atoms with Gasteiger partial charge in [-0.05, 0) is 29.8 Å². The number of benzene rings is 2. The topological polar surface area (TPSA) is 74.6 Å². The average Bonchev–Trinajstić information content (AvgIpc) is 3.35. The Morgan fingerprint density at radius 2 is 1.80 bits per heavy atom. The second-order valence-electron chi connectivity index (χ2n) is 6.88. The maximum atomic E-state index is 14.1. The first-order chi connectivity index (χ1) is 14.6. The van der Waals surface area contributed by atoms with E-state index in [2.05, 4.69) is 15.1 Å². The van der Waals surface area contributed by atoms with Crippen molar-refractivity contribution in [1.82, 2.24) is 24.3 Å². The van der Waals surface area contributed by atoms with E-state index in [0.29, 0.717) is 28.7 Å². The number of para-hydroxylation sites is 1. The van der Waals surface area contributed by atoms with Crippen molar-refractivity contribution >= 4 is 28.5 Å². The molecule has 2 aromatic carbocycles. The summed E-state index contributed by atoms with van der Waals surface area (Å²) >= 11 is 6.03. The second-order valence-corrected chi connectivity index (χ2v) is 7.32. The van der Waals surface area contributed by atoms with E-state index in [4.69, 9.17) is 17.3 Å². The Kier molecular flexibility index (Phi) is 4.44. The molecule has 0 unspecified atom stereocenters. The number of halogens is 2. The summed E-state index contributed by atoms with van der Waals surface area (Å²) in [6.07, 6.45) is 6.95. The van der Waals surface area contributed by atoms with E-state index in [-0.39, 0.29) is 5.82 Å². The molecular formula is C22H16ClFN6. The third kappa shape index (κ3) is 3.19. The number of rotatable bonds is 4. The van der Waals surface area contributed by atoms with Gasteiger partial charge in [0.15, 0.2) is 0 Å². The van der Waals surface area contributed by atoms with Crippen molar-refractivity contribution < 1.29 is 4.39 Å². The minimum absolute atomic E-state index is 0.330. The maximum Gasteiger partial charge on any atom is 0.148 e. The fraction of sp³-hybridized carbons (Fsp3) is 0.0455. The van der Waals surface area contributed by atoms with Gasteiger partial charge in [-0.1, -0.05) is 35.9 Å². The normalized spacial score (nSPS) is 11.3. The van der Waals surface area contributed by atoms with E-state index in [1.807, 2.05) is 35.0 Å². The van der Waals surface area contributed by atoms with Crippen LogP contribution in [0.15, 0.2) is 73.4 Å². The summed E-state index contributed by atoms with van der Waals surface area (Å²) in [5.41, 5.74) is 10.1. The summed E-state index contributed by atoms with van der Waals surface area (Å²) in [6.45, 7) is 0.495. The lowest BCUT2D eigenvalue weighted by molar-refractivity contribution is 0.611. The molecule has 0 fully saturated rings. The number of anilines is 1. The highest BCUT2D eigenvalue weighted by Gasteiger charge is 2.16. The van der Waals surface area contributed by atoms with Crippen LogP contribution in [-0.2, 0) is 6.54 Å². The first kappa shape index (κ1) is 18.3. The van der Waals surface area contributed by atoms with Crippen molar-refractivity contribution in [3.63, 3.8) is 0 Å². The van der Waals surface area contributed by atoms with Gasteiger partial charge in [-0.25, -0.2) is 19.0 Å². The number of nitrogen functional groups attached to an aromatic ring is 1. The SMILES string of the molecule is Nc1ncnc2c1c(-c1ccc(Cl)cc1)cn2Cc1cnn(-c2ccccc2F)c1. The molecule has 5 rings (SSSR count). The molecule has 0 saturated carbocycles. The van der Waals surface area contributed by atoms with Gasteiger partial charge in [0.05, 0.1) is 18.1 Å². The van der Waals surface area contributed by atoms with Gasteiger partial charge in [-0.15, -0.1) is 0 Å².